The Morgan fingerprint density at radius 1 is 0.758 bits per heavy atom. The highest BCUT2D eigenvalue weighted by atomic mass is 32.2. The van der Waals surface area contributed by atoms with Crippen LogP contribution in [0.3, 0.4) is 0 Å². The van der Waals surface area contributed by atoms with Crippen LogP contribution in [0.1, 0.15) is 156 Å². The Labute approximate surface area is 565 Å². The van der Waals surface area contributed by atoms with Crippen molar-refractivity contribution in [3.05, 3.63) is 65.7 Å². The maximum atomic E-state index is 14.2. The number of methoxy groups -OCH3 is 2. The number of hydrogen-bond donors (Lipinski definition) is 6. The van der Waals surface area contributed by atoms with Gasteiger partial charge in [-0.25, -0.2) is 4.79 Å². The van der Waals surface area contributed by atoms with E-state index in [1.165, 1.54) is 42.8 Å². The van der Waals surface area contributed by atoms with E-state index in [1.807, 2.05) is 27.7 Å². The molecule has 9 atom stereocenters. The Hall–Kier alpha value is -7.45. The molecule has 2 aliphatic heterocycles. The van der Waals surface area contributed by atoms with Crippen LogP contribution in [0.2, 0.25) is 0 Å². The SMILES string of the molecule is CC[C@H](C)C([C@@H](CC(=O)N1CCC[C@H]1[C@H](OC)[C@@H](C)C(=O)NCC(=O)c1ccccc1)OC)N(C)C(=O)CNC(=O)C(C(C)C)N(C)C(=O)OCc1ccc(NC(=O)CNC(=O)C(NC(=O)CCCCCN2C(=O)CC(SCC(C)(C)CC(C)(C)C(N)=O)C2=O)C(C)C)cc1. The molecule has 0 saturated carbocycles. The zero-order chi connectivity index (χ0) is 71.1. The first-order chi connectivity index (χ1) is 44.7. The topological polar surface area (TPSA) is 332 Å². The van der Waals surface area contributed by atoms with Gasteiger partial charge in [0.25, 0.3) is 0 Å². The van der Waals surface area contributed by atoms with Crippen molar-refractivity contribution >= 4 is 88.4 Å². The summed E-state index contributed by atoms with van der Waals surface area (Å²) in [6.45, 7) is 19.7. The van der Waals surface area contributed by atoms with Gasteiger partial charge in [0.15, 0.2) is 5.78 Å². The number of primary amides is 1. The maximum absolute atomic E-state index is 14.2. The first kappa shape index (κ1) is 80.0. The van der Waals surface area contributed by atoms with Crippen LogP contribution in [0, 0.1) is 34.5 Å². The number of ether oxygens (including phenoxy) is 3. The molecule has 2 aromatic carbocycles. The number of thioether (sulfide) groups is 1. The number of amides is 11. The van der Waals surface area contributed by atoms with Crippen molar-refractivity contribution in [2.45, 2.75) is 189 Å². The fourth-order valence-electron chi connectivity index (χ4n) is 12.4. The van der Waals surface area contributed by atoms with Crippen LogP contribution in [0.15, 0.2) is 54.6 Å². The van der Waals surface area contributed by atoms with Crippen LogP contribution in [-0.2, 0) is 68.8 Å². The molecule has 2 saturated heterocycles. The molecule has 0 radical (unpaired) electrons. The summed E-state index contributed by atoms with van der Waals surface area (Å²) in [7, 11) is 5.99. The maximum Gasteiger partial charge on any atom is 0.410 e. The molecule has 0 aliphatic carbocycles. The van der Waals surface area contributed by atoms with Gasteiger partial charge in [0.05, 0.1) is 61.5 Å². The average Bonchev–Trinajstić information content (AvgIpc) is 1.78. The number of rotatable bonds is 39. The molecule has 26 heteroatoms. The number of hydrogen-bond acceptors (Lipinski definition) is 16. The van der Waals surface area contributed by atoms with E-state index >= 15 is 0 Å². The first-order valence-corrected chi connectivity index (χ1v) is 34.1. The molecule has 0 bridgehead atoms. The van der Waals surface area contributed by atoms with Crippen molar-refractivity contribution < 1.29 is 71.7 Å². The monoisotopic (exact) mass is 1350 g/mol. The fraction of sp³-hybridized carbons (Fsp3) is 0.652. The quantitative estimate of drug-likeness (QED) is 0.0259. The summed E-state index contributed by atoms with van der Waals surface area (Å²) >= 11 is 1.42. The Bertz CT molecular complexity index is 2960. The molecule has 2 aliphatic rings. The Morgan fingerprint density at radius 2 is 1.40 bits per heavy atom. The Morgan fingerprint density at radius 3 is 2.00 bits per heavy atom. The smallest absolute Gasteiger partial charge is 0.410 e. The van der Waals surface area contributed by atoms with Crippen molar-refractivity contribution in [1.29, 1.82) is 0 Å². The average molecular weight is 1350 g/mol. The van der Waals surface area contributed by atoms with Crippen LogP contribution in [0.5, 0.6) is 0 Å². The summed E-state index contributed by atoms with van der Waals surface area (Å²) < 4.78 is 17.4. The lowest BCUT2D eigenvalue weighted by Gasteiger charge is -2.39. The fourth-order valence-corrected chi connectivity index (χ4v) is 13.7. The molecular formula is C69H106N10O15S. The molecule has 2 fully saturated rings. The molecule has 25 nitrogen and oxygen atoms in total. The van der Waals surface area contributed by atoms with Crippen molar-refractivity contribution in [2.75, 3.05) is 72.1 Å². The summed E-state index contributed by atoms with van der Waals surface area (Å²) in [4.78, 5) is 164. The van der Waals surface area contributed by atoms with Crippen molar-refractivity contribution in [3.8, 4) is 0 Å². The van der Waals surface area contributed by atoms with Gasteiger partial charge in [0.2, 0.25) is 59.1 Å². The van der Waals surface area contributed by atoms with E-state index in [2.05, 4.69) is 26.6 Å². The van der Waals surface area contributed by atoms with E-state index < -0.39 is 108 Å². The lowest BCUT2D eigenvalue weighted by atomic mass is 9.76. The largest absolute Gasteiger partial charge is 0.445 e. The number of unbranched alkanes of at least 4 members (excludes halogenated alkanes) is 2. The number of nitrogens with zero attached hydrogens (tertiary/aromatic N) is 4. The highest BCUT2D eigenvalue weighted by Crippen LogP contribution is 2.39. The molecule has 2 aromatic rings. The van der Waals surface area contributed by atoms with E-state index in [0.29, 0.717) is 74.1 Å². The summed E-state index contributed by atoms with van der Waals surface area (Å²) in [5.74, 6) is -5.21. The number of carbonyl (C=O) groups excluding carboxylic acids is 12. The number of likely N-dealkylation sites (N-methyl/N-ethyl adjacent to an activating group) is 2. The molecule has 2 heterocycles. The normalized spacial score (nSPS) is 17.2. The van der Waals surface area contributed by atoms with Gasteiger partial charge in [-0.3, -0.25) is 62.5 Å². The van der Waals surface area contributed by atoms with Crippen LogP contribution < -0.4 is 32.3 Å². The Balaban J connectivity index is 1.20. The lowest BCUT2D eigenvalue weighted by Crippen LogP contribution is -2.55. The predicted molar refractivity (Wildman–Crippen MR) is 362 cm³/mol. The van der Waals surface area contributed by atoms with Crippen molar-refractivity contribution in [1.82, 2.24) is 40.9 Å². The summed E-state index contributed by atoms with van der Waals surface area (Å²) in [6.07, 6.45) is 1.85. The first-order valence-electron chi connectivity index (χ1n) is 33.0. The highest BCUT2D eigenvalue weighted by Gasteiger charge is 2.44. The summed E-state index contributed by atoms with van der Waals surface area (Å²) in [6, 6.07) is 12.1. The molecule has 0 spiro atoms. The number of ketones is 1. The van der Waals surface area contributed by atoms with Crippen LogP contribution in [0.25, 0.3) is 0 Å². The van der Waals surface area contributed by atoms with Crippen molar-refractivity contribution in [3.63, 3.8) is 0 Å². The van der Waals surface area contributed by atoms with E-state index in [0.717, 1.165) is 4.90 Å². The highest BCUT2D eigenvalue weighted by molar-refractivity contribution is 8.00. The number of nitrogens with one attached hydrogen (secondary N) is 5. The number of benzene rings is 2. The molecular weight excluding hydrogens is 1240 g/mol. The second-order valence-electron chi connectivity index (χ2n) is 27.3. The van der Waals surface area contributed by atoms with Gasteiger partial charge >= 0.3 is 6.09 Å². The van der Waals surface area contributed by atoms with Gasteiger partial charge in [0.1, 0.15) is 18.7 Å². The molecule has 528 valence electrons. The second kappa shape index (κ2) is 37.7. The van der Waals surface area contributed by atoms with Gasteiger partial charge in [-0.15, -0.1) is 11.8 Å². The van der Waals surface area contributed by atoms with E-state index in [9.17, 15) is 57.5 Å². The van der Waals surface area contributed by atoms with Crippen LogP contribution >= 0.6 is 11.8 Å². The zero-order valence-corrected chi connectivity index (χ0v) is 59.3. The number of nitrogens with two attached hydrogens (primary N) is 1. The molecule has 7 N–H and O–H groups in total. The minimum Gasteiger partial charge on any atom is -0.445 e. The van der Waals surface area contributed by atoms with Crippen molar-refractivity contribution in [2.24, 2.45) is 40.2 Å². The van der Waals surface area contributed by atoms with Gasteiger partial charge in [0, 0.05) is 70.9 Å². The number of Topliss-reactive ketones (excluding diaryl/α,β-unsaturated/α-hetero) is 1. The molecule has 95 heavy (non-hydrogen) atoms. The van der Waals surface area contributed by atoms with Gasteiger partial charge < -0.3 is 56.3 Å². The number of anilines is 1. The Kier molecular flexibility index (Phi) is 31.8. The van der Waals surface area contributed by atoms with E-state index in [1.54, 1.807) is 115 Å². The molecule has 4 rings (SSSR count). The summed E-state index contributed by atoms with van der Waals surface area (Å²) in [5, 5.41) is 13.0. The van der Waals surface area contributed by atoms with Gasteiger partial charge in [-0.05, 0) is 78.7 Å². The summed E-state index contributed by atoms with van der Waals surface area (Å²) in [5.41, 5.74) is 6.00. The zero-order valence-electron chi connectivity index (χ0n) is 58.5. The molecule has 0 aromatic heterocycles. The molecule has 11 amide bonds. The number of imide groups is 1. The van der Waals surface area contributed by atoms with Crippen LogP contribution in [-0.4, -0.2) is 199 Å². The van der Waals surface area contributed by atoms with E-state index in [4.69, 9.17) is 19.9 Å². The third-order valence-corrected chi connectivity index (χ3v) is 19.6. The van der Waals surface area contributed by atoms with E-state index in [-0.39, 0.29) is 91.5 Å². The van der Waals surface area contributed by atoms with Crippen LogP contribution in [0.4, 0.5) is 10.5 Å². The lowest BCUT2D eigenvalue weighted by molar-refractivity contribution is -0.145. The number of carbonyl (C=O) groups is 12. The van der Waals surface area contributed by atoms with Gasteiger partial charge in [-0.1, -0.05) is 131 Å². The molecule has 4 unspecified atom stereocenters. The third-order valence-electron chi connectivity index (χ3n) is 17.9. The standard InChI is InChI=1S/C69H106N10O15S/c1-16-44(6)60(51(92-14)34-55(83)78-33-23-26-49(78)61(93-15)45(7)62(86)71-36-50(80)47-24-19-17-20-25-47)76(12)57(85)38-73-64(88)59(43(4)5)77(13)67(91)94-39-46-28-30-48(31-29-46)74-54(82)37-72-63(87)58(42(2)3)75-53(81)27-21-18-22-32-79-56(84)35-52(65(79)89)95-41-68(8,9)40-69(10,11)66(70)90/h17,19-20,24-25,28-31,42-45,49,51-52,58-61H,16,18,21-23,26-27,32-41H2,1-15H3,(H2,70,90)(H,71,86)(H,72,87)(H,73,88)(H,74,82)(H,75,81)/t44-,45+,49-,51+,52?,58?,59?,60?,61+/m0/s1. The van der Waals surface area contributed by atoms with Gasteiger partial charge in [-0.2, -0.15) is 0 Å². The second-order valence-corrected chi connectivity index (χ2v) is 28.5. The minimum atomic E-state index is -1.04. The minimum absolute atomic E-state index is 0.0854. The predicted octanol–water partition coefficient (Wildman–Crippen LogP) is 5.86. The number of likely N-dealkylation sites (tertiary alicyclic amines) is 2. The third kappa shape index (κ3) is 24.0.